The molecule has 0 N–H and O–H groups in total. The van der Waals surface area contributed by atoms with Crippen molar-refractivity contribution in [3.63, 3.8) is 0 Å². The van der Waals surface area contributed by atoms with Crippen LogP contribution in [0, 0.1) is 0 Å². The van der Waals surface area contributed by atoms with Gasteiger partial charge in [-0.05, 0) is 0 Å². The Morgan fingerprint density at radius 3 is 1.89 bits per heavy atom. The highest BCUT2D eigenvalue weighted by atomic mass is 35.5. The quantitative estimate of drug-likeness (QED) is 0.462. The smallest absolute Gasteiger partial charge is 0.0612 e. The van der Waals surface area contributed by atoms with Crippen LogP contribution in [0.15, 0.2) is 0 Å². The van der Waals surface area contributed by atoms with Crippen molar-refractivity contribution in [3.05, 3.63) is 0 Å². The number of halogens is 1. The summed E-state index contributed by atoms with van der Waals surface area (Å²) in [4.78, 5) is 0. The number of alkyl halides is 1. The average molecular weight is 180 g/mol. The third-order valence-electron chi connectivity index (χ3n) is 1.19. The Kier molecular flexibility index (Phi) is 4.09. The van der Waals surface area contributed by atoms with Crippen LogP contribution in [0.25, 0.3) is 0 Å². The zero-order chi connectivity index (χ0) is 7.49. The van der Waals surface area contributed by atoms with Crippen molar-refractivity contribution in [2.24, 2.45) is 0 Å². The maximum absolute atomic E-state index is 5.82. The maximum Gasteiger partial charge on any atom is 0.0612 e. The molecule has 0 aliphatic rings. The van der Waals surface area contributed by atoms with E-state index in [9.17, 15) is 0 Å². The van der Waals surface area contributed by atoms with Gasteiger partial charge in [0.15, 0.2) is 0 Å². The van der Waals surface area contributed by atoms with E-state index in [0.717, 1.165) is 5.50 Å². The Hall–Kier alpha value is 0.724. The highest BCUT2D eigenvalue weighted by Crippen LogP contribution is 2.12. The summed E-state index contributed by atoms with van der Waals surface area (Å²) in [6.07, 6.45) is 0. The topological polar surface area (TPSA) is 0 Å². The van der Waals surface area contributed by atoms with Gasteiger partial charge in [-0.1, -0.05) is 31.9 Å². The second kappa shape index (κ2) is 3.79. The second-order valence-corrected chi connectivity index (χ2v) is 12.9. The van der Waals surface area contributed by atoms with E-state index in [2.05, 4.69) is 26.2 Å². The molecule has 1 radical (unpaired) electrons. The fourth-order valence-electron chi connectivity index (χ4n) is 1.00. The molecule has 3 heteroatoms. The van der Waals surface area contributed by atoms with E-state index in [1.165, 1.54) is 5.67 Å². The molecule has 0 amide bonds. The summed E-state index contributed by atoms with van der Waals surface area (Å²) in [6, 6.07) is 0. The van der Waals surface area contributed by atoms with Gasteiger partial charge in [-0.25, -0.2) is 0 Å². The van der Waals surface area contributed by atoms with E-state index in [1.54, 1.807) is 0 Å². The Morgan fingerprint density at radius 1 is 1.33 bits per heavy atom. The molecule has 0 saturated carbocycles. The van der Waals surface area contributed by atoms with Crippen LogP contribution >= 0.6 is 11.6 Å². The van der Waals surface area contributed by atoms with Crippen molar-refractivity contribution in [1.29, 1.82) is 0 Å². The van der Waals surface area contributed by atoms with Gasteiger partial charge >= 0.3 is 0 Å². The van der Waals surface area contributed by atoms with Crippen LogP contribution in [0.4, 0.5) is 0 Å². The first kappa shape index (κ1) is 9.72. The van der Waals surface area contributed by atoms with Gasteiger partial charge in [0, 0.05) is 14.3 Å². The van der Waals surface area contributed by atoms with Crippen molar-refractivity contribution in [2.75, 3.05) is 5.50 Å². The fourth-order valence-corrected chi connectivity index (χ4v) is 9.89. The summed E-state index contributed by atoms with van der Waals surface area (Å²) in [6.45, 7) is 9.48. The minimum atomic E-state index is -0.930. The zero-order valence-corrected chi connectivity index (χ0v) is 9.55. The number of hydrogen-bond donors (Lipinski definition) is 0. The Morgan fingerprint density at radius 2 is 1.78 bits per heavy atom. The summed E-state index contributed by atoms with van der Waals surface area (Å²) >= 11 is 5.82. The van der Waals surface area contributed by atoms with Gasteiger partial charge in [0.05, 0.1) is 8.07 Å². The van der Waals surface area contributed by atoms with E-state index in [1.807, 2.05) is 0 Å². The van der Waals surface area contributed by atoms with Crippen LogP contribution in [0.2, 0.25) is 31.9 Å². The van der Waals surface area contributed by atoms with Crippen molar-refractivity contribution >= 4 is 28.5 Å². The summed E-state index contributed by atoms with van der Waals surface area (Å²) in [5.74, 6) is 0. The minimum Gasteiger partial charge on any atom is -0.130 e. The molecule has 9 heavy (non-hydrogen) atoms. The molecule has 0 rings (SSSR count). The molecule has 0 aliphatic heterocycles. The molecule has 0 unspecified atom stereocenters. The molecular weight excluding hydrogens is 164 g/mol. The van der Waals surface area contributed by atoms with Gasteiger partial charge in [0.25, 0.3) is 0 Å². The van der Waals surface area contributed by atoms with E-state index in [4.69, 9.17) is 11.6 Å². The second-order valence-electron chi connectivity index (χ2n) is 3.68. The molecular formula is C6H16ClSi2. The van der Waals surface area contributed by atoms with Crippen molar-refractivity contribution in [2.45, 2.75) is 31.9 Å². The van der Waals surface area contributed by atoms with E-state index < -0.39 is 8.07 Å². The molecule has 0 heterocycles. The Balaban J connectivity index is 3.58. The minimum absolute atomic E-state index is 0.0265. The predicted octanol–water partition coefficient (Wildman–Crippen LogP) is 2.77. The van der Waals surface area contributed by atoms with Crippen molar-refractivity contribution in [3.8, 4) is 0 Å². The van der Waals surface area contributed by atoms with Gasteiger partial charge < -0.3 is 0 Å². The van der Waals surface area contributed by atoms with Gasteiger partial charge in [0.2, 0.25) is 0 Å². The van der Waals surface area contributed by atoms with Gasteiger partial charge in [-0.15, -0.1) is 11.6 Å². The molecule has 0 saturated heterocycles. The zero-order valence-electron chi connectivity index (χ0n) is 6.79. The number of rotatable bonds is 3. The van der Waals surface area contributed by atoms with Crippen LogP contribution in [0.5, 0.6) is 0 Å². The van der Waals surface area contributed by atoms with E-state index in [0.29, 0.717) is 0 Å². The third-order valence-corrected chi connectivity index (χ3v) is 10.7. The molecule has 0 nitrogen and oxygen atoms in total. The lowest BCUT2D eigenvalue weighted by Gasteiger charge is -2.19. The highest BCUT2D eigenvalue weighted by Gasteiger charge is 2.20. The summed E-state index contributed by atoms with van der Waals surface area (Å²) < 4.78 is 0. The summed E-state index contributed by atoms with van der Waals surface area (Å²) in [5.41, 5.74) is 2.39. The third kappa shape index (κ3) is 5.18. The highest BCUT2D eigenvalue weighted by molar-refractivity contribution is 6.91. The first-order valence-corrected chi connectivity index (χ1v) is 9.98. The lowest BCUT2D eigenvalue weighted by molar-refractivity contribution is 1.56. The standard InChI is InChI=1S/C6H16ClSi2/c1-8(2)6-9(3,4)5-7/h5-6H2,1-4H3. The van der Waals surface area contributed by atoms with Crippen molar-refractivity contribution in [1.82, 2.24) is 0 Å². The molecule has 0 fully saturated rings. The van der Waals surface area contributed by atoms with E-state index in [-0.39, 0.29) is 8.80 Å². The largest absolute Gasteiger partial charge is 0.130 e. The number of hydrogen-bond acceptors (Lipinski definition) is 0. The molecule has 0 aliphatic carbocycles. The van der Waals surface area contributed by atoms with Gasteiger partial charge in [-0.3, -0.25) is 0 Å². The van der Waals surface area contributed by atoms with Gasteiger partial charge in [-0.2, -0.15) is 0 Å². The Labute approximate surface area is 66.2 Å². The molecule has 0 bridgehead atoms. The molecule has 0 atom stereocenters. The lowest BCUT2D eigenvalue weighted by atomic mass is 11.7. The van der Waals surface area contributed by atoms with Gasteiger partial charge in [0.1, 0.15) is 0 Å². The Bertz CT molecular complexity index is 81.1. The van der Waals surface area contributed by atoms with Crippen LogP contribution < -0.4 is 0 Å². The molecule has 0 aromatic carbocycles. The van der Waals surface area contributed by atoms with Crippen LogP contribution in [0.1, 0.15) is 0 Å². The fraction of sp³-hybridized carbons (Fsp3) is 1.00. The van der Waals surface area contributed by atoms with Crippen LogP contribution in [-0.4, -0.2) is 22.4 Å². The lowest BCUT2D eigenvalue weighted by Crippen LogP contribution is -2.32. The molecule has 55 valence electrons. The summed E-state index contributed by atoms with van der Waals surface area (Å²) in [5, 5.41) is 0. The molecule has 0 spiro atoms. The first-order chi connectivity index (χ1) is 3.98. The van der Waals surface area contributed by atoms with Crippen LogP contribution in [-0.2, 0) is 0 Å². The monoisotopic (exact) mass is 179 g/mol. The maximum atomic E-state index is 5.82. The SMILES string of the molecule is C[Si](C)C[Si](C)(C)CCl. The normalized spacial score (nSPS) is 12.7. The predicted molar refractivity (Wildman–Crippen MR) is 50.5 cm³/mol. The average Bonchev–Trinajstić information content (AvgIpc) is 1.63. The molecule has 0 aromatic heterocycles. The van der Waals surface area contributed by atoms with Crippen LogP contribution in [0.3, 0.4) is 0 Å². The summed E-state index contributed by atoms with van der Waals surface area (Å²) in [7, 11) is -0.956. The first-order valence-electron chi connectivity index (χ1n) is 3.33. The van der Waals surface area contributed by atoms with Crippen molar-refractivity contribution < 1.29 is 0 Å². The van der Waals surface area contributed by atoms with E-state index >= 15 is 0 Å². The molecule has 0 aromatic rings.